The second-order valence-electron chi connectivity index (χ2n) is 2.77. The highest BCUT2D eigenvalue weighted by Gasteiger charge is 2.42. The van der Waals surface area contributed by atoms with Gasteiger partial charge in [0.05, 0.1) is 0 Å². The maximum atomic E-state index is 10.8. The van der Waals surface area contributed by atoms with E-state index in [0.717, 1.165) is 0 Å². The van der Waals surface area contributed by atoms with E-state index in [0.29, 0.717) is 12.2 Å². The third kappa shape index (κ3) is 1.57. The van der Waals surface area contributed by atoms with Gasteiger partial charge in [0, 0.05) is 6.42 Å². The standard InChI is InChI=1S/C8H8O4.H2S/c9-7(10)8-3-1-2-6(4-8)11-5-12-8;/h1-3H,4-5H2,(H,9,10);1H2. The van der Waals surface area contributed by atoms with Gasteiger partial charge in [-0.05, 0) is 12.2 Å². The lowest BCUT2D eigenvalue weighted by molar-refractivity contribution is -0.185. The molecule has 1 heterocycles. The first-order chi connectivity index (χ1) is 5.73. The van der Waals surface area contributed by atoms with Crippen LogP contribution in [0.1, 0.15) is 6.42 Å². The van der Waals surface area contributed by atoms with Gasteiger partial charge in [0.15, 0.2) is 12.4 Å². The zero-order valence-electron chi connectivity index (χ0n) is 6.82. The third-order valence-electron chi connectivity index (χ3n) is 2.01. The van der Waals surface area contributed by atoms with E-state index in [4.69, 9.17) is 14.6 Å². The number of carbonyl (C=O) groups is 1. The number of rotatable bonds is 1. The molecule has 1 fully saturated rings. The monoisotopic (exact) mass is 202 g/mol. The van der Waals surface area contributed by atoms with Gasteiger partial charge in [-0.15, -0.1) is 0 Å². The second kappa shape index (κ2) is 3.43. The average molecular weight is 202 g/mol. The number of carboxylic acid groups (broad SMARTS) is 1. The molecule has 0 saturated carbocycles. The minimum Gasteiger partial charge on any atom is -0.479 e. The molecule has 0 aromatic rings. The number of aliphatic carboxylic acids is 1. The van der Waals surface area contributed by atoms with Crippen LogP contribution < -0.4 is 0 Å². The van der Waals surface area contributed by atoms with Crippen molar-refractivity contribution in [3.8, 4) is 0 Å². The zero-order valence-corrected chi connectivity index (χ0v) is 7.82. The van der Waals surface area contributed by atoms with Crippen LogP contribution in [0.5, 0.6) is 0 Å². The lowest BCUT2D eigenvalue weighted by atomic mass is 9.93. The van der Waals surface area contributed by atoms with E-state index in [9.17, 15) is 4.79 Å². The number of hydrogen-bond acceptors (Lipinski definition) is 3. The Labute approximate surface area is 82.3 Å². The van der Waals surface area contributed by atoms with Crippen LogP contribution in [0.4, 0.5) is 0 Å². The molecule has 0 aromatic heterocycles. The number of fused-ring (bicyclic) bond motifs is 2. The molecule has 2 bridgehead atoms. The smallest absolute Gasteiger partial charge is 0.340 e. The summed E-state index contributed by atoms with van der Waals surface area (Å²) in [7, 11) is 0. The van der Waals surface area contributed by atoms with Crippen molar-refractivity contribution >= 4 is 19.5 Å². The molecule has 72 valence electrons. The van der Waals surface area contributed by atoms with Gasteiger partial charge in [-0.25, -0.2) is 4.79 Å². The molecule has 5 heteroatoms. The Morgan fingerprint density at radius 2 is 2.38 bits per heavy atom. The third-order valence-corrected chi connectivity index (χ3v) is 2.01. The molecule has 1 aliphatic heterocycles. The highest BCUT2D eigenvalue weighted by Crippen LogP contribution is 2.31. The van der Waals surface area contributed by atoms with Crippen molar-refractivity contribution in [1.82, 2.24) is 0 Å². The van der Waals surface area contributed by atoms with E-state index in [1.165, 1.54) is 0 Å². The number of ether oxygens (including phenoxy) is 2. The van der Waals surface area contributed by atoms with Crippen LogP contribution in [0.15, 0.2) is 24.0 Å². The molecule has 0 aromatic carbocycles. The summed E-state index contributed by atoms with van der Waals surface area (Å²) in [6, 6.07) is 0. The highest BCUT2D eigenvalue weighted by atomic mass is 32.1. The van der Waals surface area contributed by atoms with Crippen LogP contribution in [0.3, 0.4) is 0 Å². The number of allylic oxidation sites excluding steroid dienone is 2. The van der Waals surface area contributed by atoms with Gasteiger partial charge >= 0.3 is 5.97 Å². The lowest BCUT2D eigenvalue weighted by Gasteiger charge is -2.33. The van der Waals surface area contributed by atoms with Crippen LogP contribution in [0, 0.1) is 0 Å². The fourth-order valence-corrected chi connectivity index (χ4v) is 1.30. The van der Waals surface area contributed by atoms with E-state index in [-0.39, 0.29) is 20.3 Å². The molecule has 0 amide bonds. The van der Waals surface area contributed by atoms with Crippen molar-refractivity contribution in [3.63, 3.8) is 0 Å². The summed E-state index contributed by atoms with van der Waals surface area (Å²) in [5, 5.41) is 8.88. The highest BCUT2D eigenvalue weighted by molar-refractivity contribution is 7.59. The fourth-order valence-electron chi connectivity index (χ4n) is 1.30. The normalized spacial score (nSPS) is 29.7. The molecule has 0 spiro atoms. The molecule has 0 radical (unpaired) electrons. The van der Waals surface area contributed by atoms with Gasteiger partial charge in [-0.2, -0.15) is 13.5 Å². The molecule has 2 rings (SSSR count). The van der Waals surface area contributed by atoms with E-state index >= 15 is 0 Å². The minimum absolute atomic E-state index is 0. The van der Waals surface area contributed by atoms with Crippen LogP contribution in [0.2, 0.25) is 0 Å². The van der Waals surface area contributed by atoms with Gasteiger partial charge in [-0.3, -0.25) is 0 Å². The van der Waals surface area contributed by atoms with Crippen molar-refractivity contribution in [2.75, 3.05) is 6.79 Å². The van der Waals surface area contributed by atoms with E-state index < -0.39 is 11.6 Å². The predicted molar refractivity (Wildman–Crippen MR) is 49.6 cm³/mol. The van der Waals surface area contributed by atoms with Gasteiger partial charge in [-0.1, -0.05) is 6.08 Å². The molecular formula is C8H10O4S. The van der Waals surface area contributed by atoms with Gasteiger partial charge < -0.3 is 14.6 Å². The Kier molecular flexibility index (Phi) is 2.68. The molecule has 1 aliphatic carbocycles. The largest absolute Gasteiger partial charge is 0.479 e. The minimum atomic E-state index is -1.18. The second-order valence-corrected chi connectivity index (χ2v) is 2.77. The summed E-state index contributed by atoms with van der Waals surface area (Å²) in [5.74, 6) is -0.293. The van der Waals surface area contributed by atoms with Crippen molar-refractivity contribution < 1.29 is 19.4 Å². The Morgan fingerprint density at radius 3 is 3.00 bits per heavy atom. The summed E-state index contributed by atoms with van der Waals surface area (Å²) in [5.41, 5.74) is -1.18. The summed E-state index contributed by atoms with van der Waals surface area (Å²) in [6.45, 7) is 0.0163. The van der Waals surface area contributed by atoms with Crippen LogP contribution in [-0.2, 0) is 14.3 Å². The fraction of sp³-hybridized carbons (Fsp3) is 0.375. The quantitative estimate of drug-likeness (QED) is 0.682. The van der Waals surface area contributed by atoms with Crippen molar-refractivity contribution in [2.24, 2.45) is 0 Å². The molecule has 1 atom stereocenters. The summed E-state index contributed by atoms with van der Waals surface area (Å²) in [4.78, 5) is 10.8. The van der Waals surface area contributed by atoms with Gasteiger partial charge in [0.25, 0.3) is 0 Å². The Hall–Kier alpha value is -0.940. The Balaban J connectivity index is 0.000000845. The van der Waals surface area contributed by atoms with Crippen LogP contribution >= 0.6 is 13.5 Å². The first-order valence-electron chi connectivity index (χ1n) is 3.61. The predicted octanol–water partition coefficient (Wildman–Crippen LogP) is 0.771. The topological polar surface area (TPSA) is 55.8 Å². The summed E-state index contributed by atoms with van der Waals surface area (Å²) < 4.78 is 10.1. The van der Waals surface area contributed by atoms with Crippen LogP contribution in [0.25, 0.3) is 0 Å². The lowest BCUT2D eigenvalue weighted by Crippen LogP contribution is -2.44. The summed E-state index contributed by atoms with van der Waals surface area (Å²) >= 11 is 0. The molecule has 4 nitrogen and oxygen atoms in total. The molecule has 13 heavy (non-hydrogen) atoms. The first kappa shape index (κ1) is 10.1. The maximum absolute atomic E-state index is 10.8. The molecule has 1 saturated heterocycles. The Bertz CT molecular complexity index is 284. The number of carboxylic acids is 1. The van der Waals surface area contributed by atoms with E-state index in [2.05, 4.69) is 0 Å². The van der Waals surface area contributed by atoms with Crippen molar-refractivity contribution in [1.29, 1.82) is 0 Å². The molecule has 2 aliphatic rings. The number of hydrogen-bond donors (Lipinski definition) is 1. The summed E-state index contributed by atoms with van der Waals surface area (Å²) in [6.07, 6.45) is 5.23. The molecule has 1 unspecified atom stereocenters. The Morgan fingerprint density at radius 1 is 1.62 bits per heavy atom. The van der Waals surface area contributed by atoms with Crippen LogP contribution in [-0.4, -0.2) is 23.5 Å². The van der Waals surface area contributed by atoms with E-state index in [1.54, 1.807) is 18.2 Å². The van der Waals surface area contributed by atoms with Gasteiger partial charge in [0.2, 0.25) is 0 Å². The first-order valence-corrected chi connectivity index (χ1v) is 3.61. The van der Waals surface area contributed by atoms with Crippen molar-refractivity contribution in [3.05, 3.63) is 24.0 Å². The van der Waals surface area contributed by atoms with Gasteiger partial charge in [0.1, 0.15) is 5.76 Å². The molecular weight excluding hydrogens is 192 g/mol. The zero-order chi connectivity index (χ0) is 8.60. The molecule has 1 N–H and O–H groups in total. The average Bonchev–Trinajstić information content (AvgIpc) is 2.04. The van der Waals surface area contributed by atoms with Crippen molar-refractivity contribution in [2.45, 2.75) is 12.0 Å². The SMILES string of the molecule is O=C(O)C12C=CC=C(C1)OCO2.S. The maximum Gasteiger partial charge on any atom is 0.340 e. The van der Waals surface area contributed by atoms with E-state index in [1.807, 2.05) is 0 Å².